The maximum absolute atomic E-state index is 11.8. The number of amides is 1. The lowest BCUT2D eigenvalue weighted by Crippen LogP contribution is -2.19. The molecule has 0 aliphatic heterocycles. The predicted octanol–water partition coefficient (Wildman–Crippen LogP) is 3.00. The number of rotatable bonds is 4. The summed E-state index contributed by atoms with van der Waals surface area (Å²) in [5, 5.41) is 14.8. The minimum Gasteiger partial charge on any atom is -0.399 e. The highest BCUT2D eigenvalue weighted by molar-refractivity contribution is 6.30. The fourth-order valence-corrected chi connectivity index (χ4v) is 1.69. The zero-order chi connectivity index (χ0) is 15.4. The van der Waals surface area contributed by atoms with E-state index in [-0.39, 0.29) is 11.6 Å². The van der Waals surface area contributed by atoms with Crippen molar-refractivity contribution in [3.05, 3.63) is 62.9 Å². The summed E-state index contributed by atoms with van der Waals surface area (Å²) in [7, 11) is 0. The van der Waals surface area contributed by atoms with Gasteiger partial charge in [0, 0.05) is 10.6 Å². The lowest BCUT2D eigenvalue weighted by molar-refractivity contribution is -0.402. The Morgan fingerprint density at radius 1 is 1.38 bits per heavy atom. The van der Waals surface area contributed by atoms with Crippen molar-refractivity contribution in [3.63, 3.8) is 0 Å². The van der Waals surface area contributed by atoms with Crippen LogP contribution >= 0.6 is 11.6 Å². The van der Waals surface area contributed by atoms with Crippen LogP contribution in [0.15, 0.2) is 45.9 Å². The van der Waals surface area contributed by atoms with Crippen LogP contribution in [0, 0.1) is 10.1 Å². The SMILES string of the molecule is CC(=NNC(=O)c1cccc(Cl)c1)c1ccc([N+](=O)[O-])o1. The molecule has 1 heterocycles. The Balaban J connectivity index is 2.09. The van der Waals surface area contributed by atoms with Gasteiger partial charge in [0.1, 0.15) is 10.6 Å². The third kappa shape index (κ3) is 3.67. The van der Waals surface area contributed by atoms with Crippen LogP contribution in [0.1, 0.15) is 23.0 Å². The van der Waals surface area contributed by atoms with E-state index in [1.54, 1.807) is 25.1 Å². The van der Waals surface area contributed by atoms with E-state index < -0.39 is 10.8 Å². The smallest absolute Gasteiger partial charge is 0.399 e. The summed E-state index contributed by atoms with van der Waals surface area (Å²) in [5.41, 5.74) is 2.98. The molecule has 108 valence electrons. The van der Waals surface area contributed by atoms with Crippen LogP contribution in [0.4, 0.5) is 5.88 Å². The highest BCUT2D eigenvalue weighted by Gasteiger charge is 2.14. The average Bonchev–Trinajstić information content (AvgIpc) is 2.94. The van der Waals surface area contributed by atoms with Crippen LogP contribution in [-0.2, 0) is 0 Å². The monoisotopic (exact) mass is 307 g/mol. The molecule has 1 amide bonds. The van der Waals surface area contributed by atoms with E-state index in [2.05, 4.69) is 10.5 Å². The van der Waals surface area contributed by atoms with Crippen molar-refractivity contribution in [3.8, 4) is 0 Å². The van der Waals surface area contributed by atoms with E-state index >= 15 is 0 Å². The van der Waals surface area contributed by atoms with E-state index in [1.807, 2.05) is 0 Å². The number of nitrogens with zero attached hydrogens (tertiary/aromatic N) is 2. The Kier molecular flexibility index (Phi) is 4.34. The lowest BCUT2D eigenvalue weighted by Gasteiger charge is -2.01. The van der Waals surface area contributed by atoms with Gasteiger partial charge in [-0.2, -0.15) is 5.10 Å². The van der Waals surface area contributed by atoms with Crippen molar-refractivity contribution in [2.24, 2.45) is 5.10 Å². The molecule has 2 rings (SSSR count). The average molecular weight is 308 g/mol. The van der Waals surface area contributed by atoms with Gasteiger partial charge in [0.2, 0.25) is 0 Å². The fraction of sp³-hybridized carbons (Fsp3) is 0.0769. The maximum atomic E-state index is 11.8. The highest BCUT2D eigenvalue weighted by atomic mass is 35.5. The molecule has 0 spiro atoms. The quantitative estimate of drug-likeness (QED) is 0.533. The number of benzene rings is 1. The fourth-order valence-electron chi connectivity index (χ4n) is 1.50. The topological polar surface area (TPSA) is 97.7 Å². The van der Waals surface area contributed by atoms with Crippen LogP contribution in [0.3, 0.4) is 0 Å². The first-order valence-electron chi connectivity index (χ1n) is 5.82. The van der Waals surface area contributed by atoms with E-state index in [9.17, 15) is 14.9 Å². The number of hydrazone groups is 1. The molecule has 21 heavy (non-hydrogen) atoms. The molecule has 1 N–H and O–H groups in total. The van der Waals surface area contributed by atoms with Crippen molar-refractivity contribution in [2.75, 3.05) is 0 Å². The second-order valence-corrected chi connectivity index (χ2v) is 4.48. The molecular weight excluding hydrogens is 298 g/mol. The number of furan rings is 1. The normalized spacial score (nSPS) is 11.2. The van der Waals surface area contributed by atoms with E-state index in [0.717, 1.165) is 0 Å². The zero-order valence-corrected chi connectivity index (χ0v) is 11.6. The second-order valence-electron chi connectivity index (χ2n) is 4.04. The Labute approximate surface area is 124 Å². The van der Waals surface area contributed by atoms with Gasteiger partial charge in [-0.1, -0.05) is 17.7 Å². The molecule has 8 heteroatoms. The molecule has 0 bridgehead atoms. The van der Waals surface area contributed by atoms with Crippen molar-refractivity contribution < 1.29 is 14.1 Å². The van der Waals surface area contributed by atoms with E-state index in [4.69, 9.17) is 16.0 Å². The van der Waals surface area contributed by atoms with Crippen LogP contribution in [0.5, 0.6) is 0 Å². The van der Waals surface area contributed by atoms with Crippen LogP contribution in [0.25, 0.3) is 0 Å². The summed E-state index contributed by atoms with van der Waals surface area (Å²) in [6, 6.07) is 9.00. The molecule has 7 nitrogen and oxygen atoms in total. The number of hydrogen-bond donors (Lipinski definition) is 1. The zero-order valence-electron chi connectivity index (χ0n) is 10.9. The van der Waals surface area contributed by atoms with Crippen LogP contribution in [-0.4, -0.2) is 16.5 Å². The summed E-state index contributed by atoms with van der Waals surface area (Å²) in [6.45, 7) is 1.56. The molecule has 0 aliphatic carbocycles. The van der Waals surface area contributed by atoms with Crippen molar-refractivity contribution >= 4 is 29.1 Å². The Hall–Kier alpha value is -2.67. The molecular formula is C13H10ClN3O4. The van der Waals surface area contributed by atoms with Gasteiger partial charge in [-0.15, -0.1) is 0 Å². The van der Waals surface area contributed by atoms with Crippen LogP contribution in [0.2, 0.25) is 5.02 Å². The number of halogens is 1. The maximum Gasteiger partial charge on any atom is 0.433 e. The van der Waals surface area contributed by atoms with Crippen molar-refractivity contribution in [1.29, 1.82) is 0 Å². The van der Waals surface area contributed by atoms with Gasteiger partial charge in [0.15, 0.2) is 5.76 Å². The summed E-state index contributed by atoms with van der Waals surface area (Å²) in [5.74, 6) is -0.633. The molecule has 0 saturated heterocycles. The summed E-state index contributed by atoms with van der Waals surface area (Å²) in [6.07, 6.45) is 0. The Morgan fingerprint density at radius 2 is 2.14 bits per heavy atom. The minimum atomic E-state index is -0.651. The first-order valence-corrected chi connectivity index (χ1v) is 6.20. The van der Waals surface area contributed by atoms with Gasteiger partial charge >= 0.3 is 5.88 Å². The highest BCUT2D eigenvalue weighted by Crippen LogP contribution is 2.16. The summed E-state index contributed by atoms with van der Waals surface area (Å²) < 4.78 is 4.96. The molecule has 1 aromatic heterocycles. The predicted molar refractivity (Wildman–Crippen MR) is 76.5 cm³/mol. The van der Waals surface area contributed by atoms with Crippen molar-refractivity contribution in [2.45, 2.75) is 6.92 Å². The Morgan fingerprint density at radius 3 is 2.76 bits per heavy atom. The number of nitro groups is 1. The van der Waals surface area contributed by atoms with Gasteiger partial charge in [0.25, 0.3) is 5.91 Å². The van der Waals surface area contributed by atoms with Gasteiger partial charge in [-0.05, 0) is 31.2 Å². The van der Waals surface area contributed by atoms with Crippen molar-refractivity contribution in [1.82, 2.24) is 5.43 Å². The third-order valence-electron chi connectivity index (χ3n) is 2.54. The molecule has 0 aliphatic rings. The standard InChI is InChI=1S/C13H10ClN3O4/c1-8(11-5-6-12(21-11)17(19)20)15-16-13(18)9-3-2-4-10(14)7-9/h2-7H,1H3,(H,16,18). The molecule has 0 atom stereocenters. The molecule has 0 saturated carbocycles. The molecule has 2 aromatic rings. The van der Waals surface area contributed by atoms with Gasteiger partial charge in [0.05, 0.1) is 6.07 Å². The number of hydrogen-bond acceptors (Lipinski definition) is 5. The lowest BCUT2D eigenvalue weighted by atomic mass is 10.2. The number of nitrogens with one attached hydrogen (secondary N) is 1. The first kappa shape index (κ1) is 14.7. The molecule has 0 radical (unpaired) electrons. The first-order chi connectivity index (χ1) is 9.97. The van der Waals surface area contributed by atoms with E-state index in [0.29, 0.717) is 16.3 Å². The molecule has 0 fully saturated rings. The summed E-state index contributed by atoms with van der Waals surface area (Å²) >= 11 is 5.79. The second kappa shape index (κ2) is 6.19. The third-order valence-corrected chi connectivity index (χ3v) is 2.78. The number of carbonyl (C=O) groups excluding carboxylic acids is 1. The largest absolute Gasteiger partial charge is 0.433 e. The van der Waals surface area contributed by atoms with Crippen LogP contribution < -0.4 is 5.43 Å². The van der Waals surface area contributed by atoms with Gasteiger partial charge < -0.3 is 4.42 Å². The molecule has 1 aromatic carbocycles. The number of carbonyl (C=O) groups is 1. The minimum absolute atomic E-state index is 0.202. The van der Waals surface area contributed by atoms with E-state index in [1.165, 1.54) is 18.2 Å². The summed E-state index contributed by atoms with van der Waals surface area (Å²) in [4.78, 5) is 21.7. The Bertz CT molecular complexity index is 724. The molecule has 0 unspecified atom stereocenters. The van der Waals surface area contributed by atoms with Gasteiger partial charge in [-0.25, -0.2) is 5.43 Å². The van der Waals surface area contributed by atoms with Gasteiger partial charge in [-0.3, -0.25) is 14.9 Å².